The molecule has 0 saturated carbocycles. The lowest BCUT2D eigenvalue weighted by atomic mass is 10.0. The number of amides is 1. The van der Waals surface area contributed by atoms with E-state index in [4.69, 9.17) is 0 Å². The minimum absolute atomic E-state index is 0.0818. The largest absolute Gasteiger partial charge is 0.388 e. The van der Waals surface area contributed by atoms with Crippen LogP contribution in [0.4, 0.5) is 5.69 Å². The lowest BCUT2D eigenvalue weighted by Gasteiger charge is -2.27. The van der Waals surface area contributed by atoms with Gasteiger partial charge in [0, 0.05) is 18.7 Å². The summed E-state index contributed by atoms with van der Waals surface area (Å²) in [5.41, 5.74) is 5.04. The van der Waals surface area contributed by atoms with Crippen molar-refractivity contribution in [3.8, 4) is 0 Å². The van der Waals surface area contributed by atoms with Crippen LogP contribution in [0.2, 0.25) is 0 Å². The monoisotopic (exact) mass is 388 g/mol. The number of nitrogens with one attached hydrogen (secondary N) is 1. The number of unbranched alkanes of at least 4 members (excludes halogenated alkanes) is 1. The van der Waals surface area contributed by atoms with E-state index in [0.717, 1.165) is 47.4 Å². The Bertz CT molecular complexity index is 842. The number of nitrogens with zero attached hydrogens (tertiary/aromatic N) is 1. The first-order chi connectivity index (χ1) is 14.1. The number of carbonyl (C=O) groups is 1. The van der Waals surface area contributed by atoms with Crippen LogP contribution >= 0.6 is 0 Å². The highest BCUT2D eigenvalue weighted by Gasteiger charge is 2.20. The van der Waals surface area contributed by atoms with Crippen LogP contribution in [-0.2, 0) is 4.79 Å². The molecule has 0 unspecified atom stereocenters. The second-order valence-electron chi connectivity index (χ2n) is 7.02. The van der Waals surface area contributed by atoms with E-state index in [1.54, 1.807) is 0 Å². The SMILES string of the molecule is C=CCCCC(=C)NCCC(=O)N1C/C(C=C)=C(/C=C\C)\C=C/c2ccccc21. The van der Waals surface area contributed by atoms with Crippen LogP contribution in [-0.4, -0.2) is 19.0 Å². The molecule has 1 aliphatic heterocycles. The van der Waals surface area contributed by atoms with E-state index in [2.05, 4.69) is 43.3 Å². The van der Waals surface area contributed by atoms with Gasteiger partial charge in [0.1, 0.15) is 0 Å². The number of allylic oxidation sites excluding steroid dienone is 6. The topological polar surface area (TPSA) is 32.3 Å². The average Bonchev–Trinajstić information content (AvgIpc) is 2.71. The fourth-order valence-electron chi connectivity index (χ4n) is 3.28. The molecule has 0 fully saturated rings. The van der Waals surface area contributed by atoms with Gasteiger partial charge in [-0.05, 0) is 49.0 Å². The number of rotatable bonds is 10. The van der Waals surface area contributed by atoms with Gasteiger partial charge in [-0.25, -0.2) is 0 Å². The van der Waals surface area contributed by atoms with Gasteiger partial charge < -0.3 is 10.2 Å². The van der Waals surface area contributed by atoms with Crippen LogP contribution in [0.15, 0.2) is 91.2 Å². The van der Waals surface area contributed by atoms with Crippen LogP contribution in [0.1, 0.15) is 38.2 Å². The smallest absolute Gasteiger partial charge is 0.229 e. The Morgan fingerprint density at radius 2 is 2.00 bits per heavy atom. The highest BCUT2D eigenvalue weighted by Crippen LogP contribution is 2.28. The Labute approximate surface area is 175 Å². The van der Waals surface area contributed by atoms with Crippen LogP contribution in [0.25, 0.3) is 6.08 Å². The van der Waals surface area contributed by atoms with Gasteiger partial charge in [0.2, 0.25) is 5.91 Å². The molecule has 1 N–H and O–H groups in total. The van der Waals surface area contributed by atoms with Gasteiger partial charge in [-0.3, -0.25) is 4.79 Å². The maximum atomic E-state index is 13.1. The summed E-state index contributed by atoms with van der Waals surface area (Å²) in [6.07, 6.45) is 15.3. The zero-order valence-electron chi connectivity index (χ0n) is 17.5. The summed E-state index contributed by atoms with van der Waals surface area (Å²) in [6, 6.07) is 8.01. The summed E-state index contributed by atoms with van der Waals surface area (Å²) in [7, 11) is 0. The second-order valence-corrected chi connectivity index (χ2v) is 7.02. The van der Waals surface area contributed by atoms with Crippen molar-refractivity contribution in [3.63, 3.8) is 0 Å². The maximum Gasteiger partial charge on any atom is 0.229 e. The number of carbonyl (C=O) groups excluding carboxylic acids is 1. The Morgan fingerprint density at radius 3 is 2.72 bits per heavy atom. The first-order valence-corrected chi connectivity index (χ1v) is 10.2. The summed E-state index contributed by atoms with van der Waals surface area (Å²) >= 11 is 0. The van der Waals surface area contributed by atoms with E-state index in [0.29, 0.717) is 19.5 Å². The Morgan fingerprint density at radius 1 is 1.21 bits per heavy atom. The molecule has 3 nitrogen and oxygen atoms in total. The third kappa shape index (κ3) is 6.49. The van der Waals surface area contributed by atoms with E-state index in [9.17, 15) is 4.79 Å². The van der Waals surface area contributed by atoms with Crippen molar-refractivity contribution in [2.45, 2.75) is 32.6 Å². The third-order valence-electron chi connectivity index (χ3n) is 4.86. The van der Waals surface area contributed by atoms with Gasteiger partial charge in [0.15, 0.2) is 0 Å². The van der Waals surface area contributed by atoms with Crippen LogP contribution in [0, 0.1) is 0 Å². The molecule has 1 aromatic rings. The van der Waals surface area contributed by atoms with Crippen molar-refractivity contribution in [2.75, 3.05) is 18.0 Å². The molecule has 0 saturated heterocycles. The molecule has 2 rings (SSSR count). The molecule has 1 aromatic carbocycles. The zero-order chi connectivity index (χ0) is 21.1. The summed E-state index contributed by atoms with van der Waals surface area (Å²) in [5, 5.41) is 3.28. The zero-order valence-corrected chi connectivity index (χ0v) is 17.5. The van der Waals surface area contributed by atoms with Crippen molar-refractivity contribution in [2.24, 2.45) is 0 Å². The standard InChI is InChI=1S/C26H32N2O/c1-5-8-9-13-21(4)27-19-18-26(29)28-20-22(7-3)23(12-6-2)16-17-24-14-10-11-15-25(24)28/h5-7,10-12,14-17,27H,1,3-4,8-9,13,18-20H2,2H3/b12-6-,17-16-,23-22-. The van der Waals surface area contributed by atoms with E-state index in [1.165, 1.54) is 0 Å². The molecule has 1 aliphatic rings. The molecule has 0 aliphatic carbocycles. The summed E-state index contributed by atoms with van der Waals surface area (Å²) in [5.74, 6) is 0.0818. The van der Waals surface area contributed by atoms with Crippen molar-refractivity contribution >= 4 is 17.7 Å². The van der Waals surface area contributed by atoms with Crippen molar-refractivity contribution < 1.29 is 4.79 Å². The van der Waals surface area contributed by atoms with Crippen LogP contribution in [0.5, 0.6) is 0 Å². The van der Waals surface area contributed by atoms with E-state index in [-0.39, 0.29) is 5.91 Å². The molecule has 152 valence electrons. The fourth-order valence-corrected chi connectivity index (χ4v) is 3.28. The van der Waals surface area contributed by atoms with E-state index in [1.807, 2.05) is 54.3 Å². The number of benzene rings is 1. The quantitative estimate of drug-likeness (QED) is 0.396. The molecule has 0 radical (unpaired) electrons. The van der Waals surface area contributed by atoms with Crippen molar-refractivity contribution in [1.29, 1.82) is 0 Å². The van der Waals surface area contributed by atoms with Gasteiger partial charge in [-0.2, -0.15) is 0 Å². The van der Waals surface area contributed by atoms with E-state index >= 15 is 0 Å². The highest BCUT2D eigenvalue weighted by atomic mass is 16.2. The first-order valence-electron chi connectivity index (χ1n) is 10.2. The summed E-state index contributed by atoms with van der Waals surface area (Å²) < 4.78 is 0. The number of para-hydroxylation sites is 1. The van der Waals surface area contributed by atoms with Gasteiger partial charge in [-0.15, -0.1) is 6.58 Å². The molecular formula is C26H32N2O. The number of anilines is 1. The average molecular weight is 389 g/mol. The van der Waals surface area contributed by atoms with Crippen LogP contribution in [0.3, 0.4) is 0 Å². The number of fused-ring (bicyclic) bond motifs is 1. The minimum atomic E-state index is 0.0818. The van der Waals surface area contributed by atoms with Gasteiger partial charge in [0.05, 0.1) is 12.2 Å². The lowest BCUT2D eigenvalue weighted by molar-refractivity contribution is -0.118. The minimum Gasteiger partial charge on any atom is -0.388 e. The van der Waals surface area contributed by atoms with Crippen molar-refractivity contribution in [1.82, 2.24) is 5.32 Å². The molecule has 0 aromatic heterocycles. The number of hydrogen-bond acceptors (Lipinski definition) is 2. The molecular weight excluding hydrogens is 356 g/mol. The summed E-state index contributed by atoms with van der Waals surface area (Å²) in [4.78, 5) is 15.0. The van der Waals surface area contributed by atoms with Gasteiger partial charge >= 0.3 is 0 Å². The molecule has 0 bridgehead atoms. The van der Waals surface area contributed by atoms with Crippen LogP contribution < -0.4 is 10.2 Å². The second kappa shape index (κ2) is 11.7. The van der Waals surface area contributed by atoms with Crippen molar-refractivity contribution in [3.05, 3.63) is 96.8 Å². The normalized spacial score (nSPS) is 17.2. The van der Waals surface area contributed by atoms with Gasteiger partial charge in [-0.1, -0.05) is 67.8 Å². The molecule has 1 amide bonds. The Kier molecular flexibility index (Phi) is 8.97. The highest BCUT2D eigenvalue weighted by molar-refractivity contribution is 5.96. The maximum absolute atomic E-state index is 13.1. The molecule has 3 heteroatoms. The first kappa shape index (κ1) is 22.2. The predicted molar refractivity (Wildman–Crippen MR) is 126 cm³/mol. The van der Waals surface area contributed by atoms with Gasteiger partial charge in [0.25, 0.3) is 0 Å². The Balaban J connectivity index is 2.16. The molecule has 1 heterocycles. The lowest BCUT2D eigenvalue weighted by Crippen LogP contribution is -2.35. The third-order valence-corrected chi connectivity index (χ3v) is 4.86. The molecule has 0 spiro atoms. The van der Waals surface area contributed by atoms with E-state index < -0.39 is 0 Å². The number of hydrogen-bond donors (Lipinski definition) is 1. The molecule has 29 heavy (non-hydrogen) atoms. The fraction of sp³-hybridized carbons (Fsp3) is 0.269. The predicted octanol–water partition coefficient (Wildman–Crippen LogP) is 5.95. The Hall–Kier alpha value is -3.07. The molecule has 0 atom stereocenters. The summed E-state index contributed by atoms with van der Waals surface area (Å²) in [6.45, 7) is 14.8.